The Balaban J connectivity index is 1.34. The molecule has 0 radical (unpaired) electrons. The summed E-state index contributed by atoms with van der Waals surface area (Å²) in [5, 5.41) is 8.75. The molecule has 9 heteroatoms. The highest BCUT2D eigenvalue weighted by Gasteiger charge is 2.19. The van der Waals surface area contributed by atoms with Gasteiger partial charge in [-0.25, -0.2) is 14.9 Å². The fourth-order valence-electron chi connectivity index (χ4n) is 3.68. The highest BCUT2D eigenvalue weighted by molar-refractivity contribution is 6.00. The number of carbonyl (C=O) groups excluding carboxylic acids is 2. The van der Waals surface area contributed by atoms with Gasteiger partial charge in [0, 0.05) is 11.8 Å². The molecule has 9 nitrogen and oxygen atoms in total. The average molecular weight is 507 g/mol. The van der Waals surface area contributed by atoms with E-state index in [1.165, 1.54) is 25.7 Å². The van der Waals surface area contributed by atoms with Gasteiger partial charge >= 0.3 is 5.97 Å². The van der Waals surface area contributed by atoms with Crippen LogP contribution in [-0.2, 0) is 0 Å². The normalized spacial score (nSPS) is 10.9. The molecule has 0 saturated heterocycles. The number of esters is 1. The van der Waals surface area contributed by atoms with Crippen molar-refractivity contribution >= 4 is 18.1 Å². The minimum Gasteiger partial charge on any atom is -0.493 e. The van der Waals surface area contributed by atoms with Crippen LogP contribution < -0.4 is 14.9 Å². The number of amides is 1. The summed E-state index contributed by atoms with van der Waals surface area (Å²) < 4.78 is 17.4. The molecule has 1 amide bonds. The van der Waals surface area contributed by atoms with Crippen LogP contribution in [-0.4, -0.2) is 35.0 Å². The minimum atomic E-state index is -0.646. The molecule has 2 aromatic heterocycles. The van der Waals surface area contributed by atoms with Crippen molar-refractivity contribution in [2.45, 2.75) is 0 Å². The number of carbonyl (C=O) groups is 2. The highest BCUT2D eigenvalue weighted by Crippen LogP contribution is 2.28. The fourth-order valence-corrected chi connectivity index (χ4v) is 3.68. The molecule has 0 unspecified atom stereocenters. The minimum absolute atomic E-state index is 0.0749. The van der Waals surface area contributed by atoms with Gasteiger partial charge in [0.1, 0.15) is 5.69 Å². The second kappa shape index (κ2) is 11.1. The summed E-state index contributed by atoms with van der Waals surface area (Å²) in [6, 6.07) is 27.0. The third-order valence-electron chi connectivity index (χ3n) is 5.52. The summed E-state index contributed by atoms with van der Waals surface area (Å²) in [4.78, 5) is 25.3. The number of nitrogens with one attached hydrogen (secondary N) is 1. The average Bonchev–Trinajstić information content (AvgIpc) is 3.66. The number of para-hydroxylation sites is 1. The number of hydrazone groups is 1. The van der Waals surface area contributed by atoms with Crippen molar-refractivity contribution in [3.05, 3.63) is 120 Å². The Morgan fingerprint density at radius 1 is 0.947 bits per heavy atom. The van der Waals surface area contributed by atoms with Crippen LogP contribution in [0.2, 0.25) is 0 Å². The molecule has 1 N–H and O–H groups in total. The molecule has 0 aliphatic carbocycles. The molecule has 0 bridgehead atoms. The Hall–Kier alpha value is -5.44. The van der Waals surface area contributed by atoms with Gasteiger partial charge in [-0.05, 0) is 48.0 Å². The van der Waals surface area contributed by atoms with E-state index in [2.05, 4.69) is 15.6 Å². The third-order valence-corrected chi connectivity index (χ3v) is 5.52. The van der Waals surface area contributed by atoms with Crippen molar-refractivity contribution in [3.8, 4) is 28.4 Å². The second-order valence-electron chi connectivity index (χ2n) is 8.01. The lowest BCUT2D eigenvalue weighted by molar-refractivity contribution is 0.0696. The van der Waals surface area contributed by atoms with E-state index in [0.717, 1.165) is 11.3 Å². The van der Waals surface area contributed by atoms with Crippen LogP contribution in [0.15, 0.2) is 113 Å². The van der Waals surface area contributed by atoms with Gasteiger partial charge in [-0.15, -0.1) is 0 Å². The van der Waals surface area contributed by atoms with Crippen LogP contribution in [0.3, 0.4) is 0 Å². The van der Waals surface area contributed by atoms with Gasteiger partial charge < -0.3 is 13.9 Å². The molecule has 188 valence electrons. The summed E-state index contributed by atoms with van der Waals surface area (Å²) in [7, 11) is 1.46. The van der Waals surface area contributed by atoms with Gasteiger partial charge in [0.15, 0.2) is 11.5 Å². The van der Waals surface area contributed by atoms with Crippen LogP contribution in [0.1, 0.15) is 26.5 Å². The predicted octanol–water partition coefficient (Wildman–Crippen LogP) is 5.12. The maximum atomic E-state index is 13.1. The third kappa shape index (κ3) is 5.36. The Morgan fingerprint density at radius 3 is 2.42 bits per heavy atom. The highest BCUT2D eigenvalue weighted by atomic mass is 16.6. The Kier molecular flexibility index (Phi) is 7.08. The smallest absolute Gasteiger partial charge is 0.379 e. The number of nitrogens with zero attached hydrogens (tertiary/aromatic N) is 3. The molecule has 0 atom stereocenters. The van der Waals surface area contributed by atoms with Crippen molar-refractivity contribution < 1.29 is 23.5 Å². The van der Waals surface area contributed by atoms with Crippen LogP contribution in [0.25, 0.3) is 16.9 Å². The zero-order valence-corrected chi connectivity index (χ0v) is 20.3. The summed E-state index contributed by atoms with van der Waals surface area (Å²) >= 11 is 0. The molecule has 3 aromatic carbocycles. The van der Waals surface area contributed by atoms with E-state index in [1.54, 1.807) is 35.1 Å². The molecule has 0 aliphatic rings. The quantitative estimate of drug-likeness (QED) is 0.135. The van der Waals surface area contributed by atoms with E-state index in [1.807, 2.05) is 60.7 Å². The van der Waals surface area contributed by atoms with Crippen molar-refractivity contribution in [3.63, 3.8) is 0 Å². The molecule has 0 spiro atoms. The monoisotopic (exact) mass is 506 g/mol. The lowest BCUT2D eigenvalue weighted by Gasteiger charge is -2.09. The Morgan fingerprint density at radius 2 is 1.71 bits per heavy atom. The fraction of sp³-hybridized carbons (Fsp3) is 0.0345. The Labute approximate surface area is 217 Å². The molecule has 5 rings (SSSR count). The molecule has 0 fully saturated rings. The van der Waals surface area contributed by atoms with E-state index in [0.29, 0.717) is 22.6 Å². The van der Waals surface area contributed by atoms with E-state index in [9.17, 15) is 9.59 Å². The van der Waals surface area contributed by atoms with Gasteiger partial charge in [-0.1, -0.05) is 48.5 Å². The number of ether oxygens (including phenoxy) is 2. The van der Waals surface area contributed by atoms with Crippen LogP contribution in [0.4, 0.5) is 0 Å². The van der Waals surface area contributed by atoms with Gasteiger partial charge in [0.05, 0.1) is 30.8 Å². The van der Waals surface area contributed by atoms with Gasteiger partial charge in [0.2, 0.25) is 5.76 Å². The van der Waals surface area contributed by atoms with Gasteiger partial charge in [-0.2, -0.15) is 10.2 Å². The first kappa shape index (κ1) is 24.3. The van der Waals surface area contributed by atoms with E-state index in [4.69, 9.17) is 13.9 Å². The predicted molar refractivity (Wildman–Crippen MR) is 141 cm³/mol. The van der Waals surface area contributed by atoms with E-state index in [-0.39, 0.29) is 11.5 Å². The van der Waals surface area contributed by atoms with Crippen molar-refractivity contribution in [1.29, 1.82) is 0 Å². The molecule has 0 saturated carbocycles. The second-order valence-corrected chi connectivity index (χ2v) is 8.01. The zero-order valence-electron chi connectivity index (χ0n) is 20.3. The van der Waals surface area contributed by atoms with Crippen LogP contribution >= 0.6 is 0 Å². The van der Waals surface area contributed by atoms with E-state index < -0.39 is 11.9 Å². The first-order valence-electron chi connectivity index (χ1n) is 11.6. The summed E-state index contributed by atoms with van der Waals surface area (Å²) in [5.41, 5.74) is 5.71. The maximum Gasteiger partial charge on any atom is 0.379 e. The van der Waals surface area contributed by atoms with Crippen molar-refractivity contribution in [2.75, 3.05) is 7.11 Å². The number of methoxy groups -OCH3 is 1. The van der Waals surface area contributed by atoms with Crippen molar-refractivity contribution in [2.24, 2.45) is 5.10 Å². The molecular formula is C29H22N4O5. The topological polar surface area (TPSA) is 108 Å². The summed E-state index contributed by atoms with van der Waals surface area (Å²) in [6.45, 7) is 0. The number of rotatable bonds is 8. The molecule has 5 aromatic rings. The molecular weight excluding hydrogens is 484 g/mol. The maximum absolute atomic E-state index is 13.1. The first-order chi connectivity index (χ1) is 18.6. The van der Waals surface area contributed by atoms with Crippen molar-refractivity contribution in [1.82, 2.24) is 15.2 Å². The van der Waals surface area contributed by atoms with Crippen LogP contribution in [0.5, 0.6) is 11.5 Å². The number of aromatic nitrogens is 2. The number of furan rings is 1. The zero-order chi connectivity index (χ0) is 26.3. The Bertz CT molecular complexity index is 1580. The summed E-state index contributed by atoms with van der Waals surface area (Å²) in [6.07, 6.45) is 4.52. The lowest BCUT2D eigenvalue weighted by Crippen LogP contribution is -2.18. The number of hydrogen-bond donors (Lipinski definition) is 1. The van der Waals surface area contributed by atoms with Gasteiger partial charge in [-0.3, -0.25) is 4.79 Å². The van der Waals surface area contributed by atoms with Gasteiger partial charge in [0.25, 0.3) is 5.91 Å². The largest absolute Gasteiger partial charge is 0.493 e. The SMILES string of the molecule is COc1cc(/C=N\NC(=O)c2cn(-c3ccccc3)nc2-c2ccccc2)ccc1OC(=O)c1ccco1. The van der Waals surface area contributed by atoms with Crippen LogP contribution in [0, 0.1) is 0 Å². The lowest BCUT2D eigenvalue weighted by atomic mass is 10.1. The molecule has 2 heterocycles. The number of benzene rings is 3. The first-order valence-corrected chi connectivity index (χ1v) is 11.6. The molecule has 0 aliphatic heterocycles. The standard InChI is InChI=1S/C29H22N4O5/c1-36-26-17-20(14-15-24(26)38-29(35)25-13-8-16-37-25)18-30-31-28(34)23-19-33(22-11-6-3-7-12-22)32-27(23)21-9-4-2-5-10-21/h2-19H,1H3,(H,31,34)/b30-18-. The molecule has 38 heavy (non-hydrogen) atoms. The summed E-state index contributed by atoms with van der Waals surface area (Å²) in [5.74, 6) is -0.456. The van der Waals surface area contributed by atoms with E-state index >= 15 is 0 Å². The number of hydrogen-bond acceptors (Lipinski definition) is 7.